The van der Waals surface area contributed by atoms with Gasteiger partial charge in [0.15, 0.2) is 5.75 Å². The quantitative estimate of drug-likeness (QED) is 0.275. The Morgan fingerprint density at radius 3 is 2.00 bits per heavy atom. The van der Waals surface area contributed by atoms with Crippen LogP contribution in [0.25, 0.3) is 43.6 Å². The summed E-state index contributed by atoms with van der Waals surface area (Å²) in [6.07, 6.45) is 3.36. The lowest BCUT2D eigenvalue weighted by atomic mass is 10.1. The molecule has 0 saturated carbocycles. The van der Waals surface area contributed by atoms with Crippen molar-refractivity contribution in [2.75, 3.05) is 6.61 Å². The molecule has 0 aliphatic carbocycles. The first-order valence-electron chi connectivity index (χ1n) is 10.6. The summed E-state index contributed by atoms with van der Waals surface area (Å²) in [7, 11) is 0. The monoisotopic (exact) mass is 440 g/mol. The summed E-state index contributed by atoms with van der Waals surface area (Å²) in [6.45, 7) is 4.88. The zero-order valence-corrected chi connectivity index (χ0v) is 18.2. The van der Waals surface area contributed by atoms with Crippen LogP contribution in [0, 0.1) is 17.6 Å². The van der Waals surface area contributed by atoms with Gasteiger partial charge < -0.3 is 14.7 Å². The van der Waals surface area contributed by atoms with E-state index in [1.54, 1.807) is 12.1 Å². The van der Waals surface area contributed by atoms with E-state index < -0.39 is 0 Å². The zero-order chi connectivity index (χ0) is 21.7. The Bertz CT molecular complexity index is 1340. The predicted molar refractivity (Wildman–Crippen MR) is 124 cm³/mol. The van der Waals surface area contributed by atoms with Crippen molar-refractivity contribution >= 4 is 55.2 Å². The van der Waals surface area contributed by atoms with Crippen LogP contribution in [0.3, 0.4) is 0 Å². The van der Waals surface area contributed by atoms with Gasteiger partial charge in [-0.05, 0) is 48.7 Å². The Labute approximate surface area is 183 Å². The highest BCUT2D eigenvalue weighted by Crippen LogP contribution is 2.46. The van der Waals surface area contributed by atoms with E-state index in [9.17, 15) is 8.78 Å². The van der Waals surface area contributed by atoms with E-state index >= 15 is 0 Å². The number of ether oxygens (including phenoxy) is 1. The Kier molecular flexibility index (Phi) is 5.01. The van der Waals surface area contributed by atoms with E-state index in [1.165, 1.54) is 24.3 Å². The minimum atomic E-state index is -0.342. The normalized spacial score (nSPS) is 13.1. The van der Waals surface area contributed by atoms with Crippen molar-refractivity contribution in [2.45, 2.75) is 33.1 Å². The summed E-state index contributed by atoms with van der Waals surface area (Å²) in [5.41, 5.74) is 2.97. The van der Waals surface area contributed by atoms with Crippen LogP contribution in [0.1, 0.15) is 33.1 Å². The smallest absolute Gasteiger partial charge is 0.167 e. The predicted octanol–water partition coefficient (Wildman–Crippen LogP) is 8.09. The van der Waals surface area contributed by atoms with Crippen LogP contribution in [-0.2, 0) is 0 Å². The van der Waals surface area contributed by atoms with Crippen molar-refractivity contribution in [2.24, 2.45) is 5.92 Å². The van der Waals surface area contributed by atoms with Crippen molar-refractivity contribution in [1.29, 1.82) is 0 Å². The molecule has 3 nitrogen and oxygen atoms in total. The molecule has 0 fully saturated rings. The van der Waals surface area contributed by atoms with Gasteiger partial charge in [-0.1, -0.05) is 38.3 Å². The van der Waals surface area contributed by atoms with Crippen LogP contribution in [0.15, 0.2) is 36.4 Å². The second kappa shape index (κ2) is 7.72. The molecule has 5 aromatic rings. The maximum Gasteiger partial charge on any atom is 0.167 e. The van der Waals surface area contributed by atoms with E-state index in [1.807, 2.05) is 0 Å². The Morgan fingerprint density at radius 2 is 1.48 bits per heavy atom. The van der Waals surface area contributed by atoms with Crippen LogP contribution >= 0.6 is 11.6 Å². The number of unbranched alkanes of at least 4 members (excludes halogenated alkanes) is 1. The molecular weight excluding hydrogens is 418 g/mol. The molecule has 5 rings (SSSR count). The van der Waals surface area contributed by atoms with Crippen LogP contribution in [-0.4, -0.2) is 16.6 Å². The van der Waals surface area contributed by atoms with Crippen LogP contribution < -0.4 is 4.74 Å². The molecule has 0 radical (unpaired) electrons. The highest BCUT2D eigenvalue weighted by Gasteiger charge is 2.22. The Balaban J connectivity index is 1.81. The Hall–Kier alpha value is -2.79. The van der Waals surface area contributed by atoms with E-state index in [0.29, 0.717) is 55.9 Å². The van der Waals surface area contributed by atoms with Gasteiger partial charge in [-0.3, -0.25) is 0 Å². The third kappa shape index (κ3) is 3.32. The summed E-state index contributed by atoms with van der Waals surface area (Å²) >= 11 is 6.88. The lowest BCUT2D eigenvalue weighted by Gasteiger charge is -2.15. The van der Waals surface area contributed by atoms with Crippen LogP contribution in [0.5, 0.6) is 5.75 Å². The summed E-state index contributed by atoms with van der Waals surface area (Å²) in [4.78, 5) is 6.72. The number of aromatic amines is 2. The average Bonchev–Trinajstić information content (AvgIpc) is 3.30. The standard InChI is InChI=1S/C25H23ClF2N2O/c1-3-4-5-13(2)12-31-25-23-20(16-10-14(27)6-8-18(16)29-23)22(26)21-17-11-15(28)7-9-19(17)30-24(21)25/h6-11,13,29-30H,3-5,12H2,1-2H3/t13-/m1/s1. The molecule has 2 aromatic heterocycles. The zero-order valence-electron chi connectivity index (χ0n) is 17.4. The fourth-order valence-electron chi connectivity index (χ4n) is 4.38. The van der Waals surface area contributed by atoms with E-state index in [4.69, 9.17) is 16.3 Å². The second-order valence-electron chi connectivity index (χ2n) is 8.33. The number of H-pyrrole nitrogens is 2. The molecule has 0 saturated heterocycles. The van der Waals surface area contributed by atoms with E-state index in [-0.39, 0.29) is 11.6 Å². The molecule has 0 unspecified atom stereocenters. The van der Waals surface area contributed by atoms with E-state index in [2.05, 4.69) is 23.8 Å². The molecule has 1 atom stereocenters. The van der Waals surface area contributed by atoms with Crippen molar-refractivity contribution in [3.8, 4) is 5.75 Å². The highest BCUT2D eigenvalue weighted by molar-refractivity contribution is 6.45. The first-order valence-corrected chi connectivity index (χ1v) is 11.0. The fraction of sp³-hybridized carbons (Fsp3) is 0.280. The number of aromatic nitrogens is 2. The van der Waals surface area contributed by atoms with Crippen molar-refractivity contribution < 1.29 is 13.5 Å². The van der Waals surface area contributed by atoms with Gasteiger partial charge in [0.2, 0.25) is 0 Å². The molecule has 0 aliphatic heterocycles. The minimum Gasteiger partial charge on any atom is -0.489 e. The lowest BCUT2D eigenvalue weighted by Crippen LogP contribution is -2.09. The maximum atomic E-state index is 14.1. The average molecular weight is 441 g/mol. The number of rotatable bonds is 6. The number of hydrogen-bond donors (Lipinski definition) is 2. The van der Waals surface area contributed by atoms with Crippen LogP contribution in [0.4, 0.5) is 8.78 Å². The number of hydrogen-bond acceptors (Lipinski definition) is 1. The molecule has 0 amide bonds. The number of halogens is 3. The summed E-state index contributed by atoms with van der Waals surface area (Å²) in [6, 6.07) is 9.15. The van der Waals surface area contributed by atoms with Gasteiger partial charge >= 0.3 is 0 Å². The third-order valence-corrected chi connectivity index (χ3v) is 6.35. The second-order valence-corrected chi connectivity index (χ2v) is 8.71. The third-order valence-electron chi connectivity index (χ3n) is 5.98. The first kappa shape index (κ1) is 20.1. The fourth-order valence-corrected chi connectivity index (χ4v) is 4.77. The summed E-state index contributed by atoms with van der Waals surface area (Å²) in [5.74, 6) is 0.325. The van der Waals surface area contributed by atoms with Gasteiger partial charge in [0.25, 0.3) is 0 Å². The summed E-state index contributed by atoms with van der Waals surface area (Å²) in [5, 5.41) is 3.17. The molecule has 2 heterocycles. The van der Waals surface area contributed by atoms with Crippen molar-refractivity contribution in [1.82, 2.24) is 9.97 Å². The SMILES string of the molecule is CCCC[C@@H](C)COc1c2[nH]c3ccc(F)cc3c2c(Cl)c2c1[nH]c1ccc(F)cc12. The van der Waals surface area contributed by atoms with Gasteiger partial charge in [-0.2, -0.15) is 0 Å². The molecule has 6 heteroatoms. The number of benzene rings is 3. The van der Waals surface area contributed by atoms with Gasteiger partial charge in [0, 0.05) is 32.6 Å². The molecule has 3 aromatic carbocycles. The number of nitrogens with one attached hydrogen (secondary N) is 2. The largest absolute Gasteiger partial charge is 0.489 e. The maximum absolute atomic E-state index is 14.1. The molecule has 0 aliphatic rings. The van der Waals surface area contributed by atoms with Gasteiger partial charge in [0.1, 0.15) is 11.6 Å². The first-order chi connectivity index (χ1) is 15.0. The summed E-state index contributed by atoms with van der Waals surface area (Å²) < 4.78 is 34.5. The van der Waals surface area contributed by atoms with Crippen LogP contribution in [0.2, 0.25) is 5.02 Å². The molecular formula is C25H23ClF2N2O. The number of fused-ring (bicyclic) bond motifs is 6. The Morgan fingerprint density at radius 1 is 0.935 bits per heavy atom. The van der Waals surface area contributed by atoms with E-state index in [0.717, 1.165) is 30.3 Å². The van der Waals surface area contributed by atoms with Gasteiger partial charge in [-0.15, -0.1) is 0 Å². The van der Waals surface area contributed by atoms with Gasteiger partial charge in [0.05, 0.1) is 22.7 Å². The molecule has 160 valence electrons. The molecule has 0 bridgehead atoms. The van der Waals surface area contributed by atoms with Crippen molar-refractivity contribution in [3.05, 3.63) is 53.1 Å². The minimum absolute atomic E-state index is 0.342. The van der Waals surface area contributed by atoms with Crippen molar-refractivity contribution in [3.63, 3.8) is 0 Å². The lowest BCUT2D eigenvalue weighted by molar-refractivity contribution is 0.254. The molecule has 31 heavy (non-hydrogen) atoms. The molecule has 2 N–H and O–H groups in total. The molecule has 0 spiro atoms. The van der Waals surface area contributed by atoms with Gasteiger partial charge in [-0.25, -0.2) is 8.78 Å². The highest BCUT2D eigenvalue weighted by atomic mass is 35.5. The topological polar surface area (TPSA) is 40.8 Å².